The van der Waals surface area contributed by atoms with E-state index in [4.69, 9.17) is 23.1 Å². The first-order valence-electron chi connectivity index (χ1n) is 35.8. The van der Waals surface area contributed by atoms with E-state index < -0.39 is 120 Å². The second-order valence-corrected chi connectivity index (χ2v) is 27.2. The second-order valence-electron chi connectivity index (χ2n) is 26.7. The number of nitrogens with zero attached hydrogens (tertiary/aromatic N) is 3. The van der Waals surface area contributed by atoms with Crippen LogP contribution in [0, 0.1) is 12.8 Å². The number of hydrogen-bond acceptors (Lipinski definition) is 15. The van der Waals surface area contributed by atoms with Crippen molar-refractivity contribution in [3.63, 3.8) is 0 Å². The molecule has 10 atom stereocenters. The highest BCUT2D eigenvalue weighted by atomic mass is 35.5. The van der Waals surface area contributed by atoms with Crippen molar-refractivity contribution in [3.05, 3.63) is 148 Å². The highest BCUT2D eigenvalue weighted by Gasteiger charge is 2.40. The second kappa shape index (κ2) is 44.3. The number of urea groups is 1. The van der Waals surface area contributed by atoms with Gasteiger partial charge in [-0.3, -0.25) is 62.7 Å². The lowest BCUT2D eigenvalue weighted by Crippen LogP contribution is -2.59. The zero-order chi connectivity index (χ0) is 78.0. The molecule has 5 aromatic rings. The molecule has 0 bridgehead atoms. The van der Waals surface area contributed by atoms with Crippen LogP contribution < -0.4 is 75.3 Å². The van der Waals surface area contributed by atoms with Crippen LogP contribution in [0.1, 0.15) is 121 Å². The Morgan fingerprint density at radius 3 is 1.64 bits per heavy atom. The Hall–Kier alpha value is -10.5. The summed E-state index contributed by atoms with van der Waals surface area (Å²) in [6.45, 7) is 12.8. The molecule has 106 heavy (non-hydrogen) atoms. The number of hydrogen-bond donors (Lipinski definition) is 14. The number of pyridine rings is 1. The van der Waals surface area contributed by atoms with Crippen molar-refractivity contribution in [2.24, 2.45) is 22.4 Å². The number of Topliss-reactive ketones (excluding diaryl/α,β-unsaturated/α-hetero) is 1. The van der Waals surface area contributed by atoms with Gasteiger partial charge in [0, 0.05) is 77.3 Å². The molecule has 1 aliphatic heterocycles. The number of carbonyl (C=O) groups is 12. The van der Waals surface area contributed by atoms with Gasteiger partial charge in [-0.15, -0.1) is 0 Å². The van der Waals surface area contributed by atoms with Crippen LogP contribution in [0.5, 0.6) is 0 Å². The first-order valence-corrected chi connectivity index (χ1v) is 36.2. The first kappa shape index (κ1) is 86.1. The van der Waals surface area contributed by atoms with Crippen LogP contribution in [0.3, 0.4) is 0 Å². The third-order valence-corrected chi connectivity index (χ3v) is 18.0. The van der Waals surface area contributed by atoms with Crippen LogP contribution in [0.4, 0.5) is 4.79 Å². The standard InChI is InChI=1S/C47H51ClN6O6.C29H55N11O6/c1-5-39(44(57)52-40(30(3)55)24-32-14-12-29(2)13-15-32)51-46(59)43(27-35-9-8-22-49-28-35)54-47(60)42(25-33-17-20-38(48)21-18-33)53-45(58)41(50-31(4)56)26-34-16-19-36-10-6-7-11-37(36)23-34;1-17(2)16-21(39-24(42)19(32-4)10-7-14-36-29(31)46)25(43)38-20(11-8-13-35-28(30)34-6)27(45)40-15-9-12-22(40)26(44)37-18(3)23(41)33-5/h6-23,28,39-43H,5,24-27H2,1-4H3,(H,50,56)(H,51,59)(H,52,57)(H,53,58)(H,54,60);17-22,32H,7-16H2,1-6H3,(H,33,41)(H,37,44)(H,38,43)(H,39,42)(H3,30,34,35)(H3,31,36,46)/t39-,40-,41+,42+,43+;18-,19-,20+,21+,22-/m01/s1. The van der Waals surface area contributed by atoms with Gasteiger partial charge < -0.3 is 80.2 Å². The van der Waals surface area contributed by atoms with Crippen molar-refractivity contribution >= 4 is 99.2 Å². The minimum Gasteiger partial charge on any atom is -0.370 e. The Morgan fingerprint density at radius 2 is 1.08 bits per heavy atom. The van der Waals surface area contributed by atoms with Gasteiger partial charge in [0.1, 0.15) is 48.3 Å². The Bertz CT molecular complexity index is 3810. The molecule has 4 aromatic carbocycles. The lowest BCUT2D eigenvalue weighted by atomic mass is 9.99. The van der Waals surface area contributed by atoms with Crippen LogP contribution in [-0.2, 0) is 78.4 Å². The molecule has 6 rings (SSSR count). The fraction of sp³-hybridized carbons (Fsp3) is 0.474. The highest BCUT2D eigenvalue weighted by molar-refractivity contribution is 6.30. The molecule has 16 N–H and O–H groups in total. The van der Waals surface area contributed by atoms with Gasteiger partial charge in [-0.25, -0.2) is 4.79 Å². The highest BCUT2D eigenvalue weighted by Crippen LogP contribution is 2.22. The van der Waals surface area contributed by atoms with Crippen molar-refractivity contribution in [2.75, 3.05) is 40.8 Å². The van der Waals surface area contributed by atoms with Crippen molar-refractivity contribution < 1.29 is 57.5 Å². The summed E-state index contributed by atoms with van der Waals surface area (Å²) in [7, 11) is 4.63. The maximum Gasteiger partial charge on any atom is 0.312 e. The third kappa shape index (κ3) is 29.2. The zero-order valence-corrected chi connectivity index (χ0v) is 63.0. The Kier molecular flexibility index (Phi) is 36.0. The van der Waals surface area contributed by atoms with Gasteiger partial charge >= 0.3 is 6.03 Å². The number of rotatable bonds is 38. The molecule has 1 fully saturated rings. The molecule has 29 nitrogen and oxygen atoms in total. The number of amides is 12. The quantitative estimate of drug-likeness (QED) is 0.0153. The summed E-state index contributed by atoms with van der Waals surface area (Å²) in [4.78, 5) is 167. The van der Waals surface area contributed by atoms with E-state index >= 15 is 0 Å². The zero-order valence-electron chi connectivity index (χ0n) is 62.2. The molecule has 1 aliphatic rings. The van der Waals surface area contributed by atoms with E-state index in [9.17, 15) is 57.5 Å². The van der Waals surface area contributed by atoms with E-state index in [0.29, 0.717) is 74.3 Å². The summed E-state index contributed by atoms with van der Waals surface area (Å²) >= 11 is 6.16. The van der Waals surface area contributed by atoms with E-state index in [2.05, 4.69) is 73.8 Å². The summed E-state index contributed by atoms with van der Waals surface area (Å²) in [5.74, 6) is -5.05. The minimum absolute atomic E-state index is 0.00501. The SMILES string of the molecule is CC[C@H](NC(=O)[C@@H](Cc1cccnc1)NC(=O)[C@@H](Cc1ccc(Cl)cc1)NC(=O)[C@@H](Cc1ccc2ccccc2c1)NC(C)=O)C(=O)N[C@@H](Cc1ccc(C)cc1)C(C)=O.CN=C(N)NCCC[C@H](NC(=O)[C@H](CC(C)C)NC(=O)[C@@H](CCCNC(N)=O)NC)C(=O)N1CCC[C@@H]1C(=O)N[C@H](C)C(=O)NC. The molecule has 30 heteroatoms. The molecule has 12 amide bonds. The smallest absolute Gasteiger partial charge is 0.312 e. The molecular formula is C76H106ClN17O12. The van der Waals surface area contributed by atoms with Gasteiger partial charge in [0.25, 0.3) is 0 Å². The van der Waals surface area contributed by atoms with Crippen molar-refractivity contribution in [1.82, 2.24) is 73.7 Å². The summed E-state index contributed by atoms with van der Waals surface area (Å²) in [6, 6.07) is 21.3. The number of fused-ring (bicyclic) bond motifs is 1. The van der Waals surface area contributed by atoms with E-state index in [-0.39, 0.29) is 62.1 Å². The summed E-state index contributed by atoms with van der Waals surface area (Å²) < 4.78 is 0. The van der Waals surface area contributed by atoms with Crippen LogP contribution >= 0.6 is 11.6 Å². The minimum atomic E-state index is -1.21. The normalized spacial score (nSPS) is 15.2. The van der Waals surface area contributed by atoms with Gasteiger partial charge in [-0.1, -0.05) is 123 Å². The van der Waals surface area contributed by atoms with E-state index in [1.54, 1.807) is 69.7 Å². The van der Waals surface area contributed by atoms with Gasteiger partial charge in [0.05, 0.1) is 12.1 Å². The van der Waals surface area contributed by atoms with Gasteiger partial charge in [0.15, 0.2) is 11.7 Å². The summed E-state index contributed by atoms with van der Waals surface area (Å²) in [5.41, 5.74) is 14.9. The number of likely N-dealkylation sites (N-methyl/N-ethyl adjacent to an activating group) is 2. The predicted molar refractivity (Wildman–Crippen MR) is 406 cm³/mol. The van der Waals surface area contributed by atoms with Crippen LogP contribution in [0.25, 0.3) is 10.8 Å². The number of guanidine groups is 1. The molecule has 574 valence electrons. The maximum atomic E-state index is 14.4. The van der Waals surface area contributed by atoms with Crippen molar-refractivity contribution in [1.29, 1.82) is 0 Å². The monoisotopic (exact) mass is 1480 g/mol. The van der Waals surface area contributed by atoms with Gasteiger partial charge in [-0.05, 0) is 143 Å². The molecule has 0 unspecified atom stereocenters. The molecule has 1 saturated heterocycles. The lowest BCUT2D eigenvalue weighted by molar-refractivity contribution is -0.142. The molecule has 0 spiro atoms. The Labute approximate surface area is 625 Å². The molecule has 0 aliphatic carbocycles. The molecular weight excluding hydrogens is 1380 g/mol. The van der Waals surface area contributed by atoms with E-state index in [1.165, 1.54) is 32.8 Å². The number of nitrogens with two attached hydrogens (primary N) is 2. The first-order chi connectivity index (χ1) is 50.5. The summed E-state index contributed by atoms with van der Waals surface area (Å²) in [6.07, 6.45) is 6.62. The number of benzene rings is 4. The van der Waals surface area contributed by atoms with Gasteiger partial charge in [0.2, 0.25) is 59.1 Å². The number of likely N-dealkylation sites (tertiary alicyclic amines) is 1. The number of ketones is 1. The molecule has 2 heterocycles. The molecule has 0 radical (unpaired) electrons. The molecule has 1 aromatic heterocycles. The number of aromatic nitrogens is 1. The predicted octanol–water partition coefficient (Wildman–Crippen LogP) is 2.50. The number of aryl methyl sites for hydroxylation is 1. The topological polar surface area (TPSA) is 430 Å². The van der Waals surface area contributed by atoms with E-state index in [1.807, 2.05) is 87.5 Å². The van der Waals surface area contributed by atoms with E-state index in [0.717, 1.165) is 27.5 Å². The summed E-state index contributed by atoms with van der Waals surface area (Å²) in [5, 5.41) is 35.6. The fourth-order valence-electron chi connectivity index (χ4n) is 11.9. The number of nitrogens with one attached hydrogen (secondary N) is 12. The largest absolute Gasteiger partial charge is 0.370 e. The average Bonchev–Trinajstić information content (AvgIpc) is 1.85. The number of aliphatic imine (C=N–C) groups is 1. The average molecular weight is 1490 g/mol. The third-order valence-electron chi connectivity index (χ3n) is 17.8. The van der Waals surface area contributed by atoms with Crippen LogP contribution in [-0.4, -0.2) is 188 Å². The van der Waals surface area contributed by atoms with Gasteiger partial charge in [-0.2, -0.15) is 0 Å². The lowest BCUT2D eigenvalue weighted by Gasteiger charge is -2.31. The van der Waals surface area contributed by atoms with Crippen LogP contribution in [0.2, 0.25) is 5.02 Å². The Morgan fingerprint density at radius 1 is 0.566 bits per heavy atom. The fourth-order valence-corrected chi connectivity index (χ4v) is 12.0. The molecule has 0 saturated carbocycles. The Balaban J connectivity index is 0.000000396. The number of primary amides is 1. The number of carbonyl (C=O) groups excluding carboxylic acids is 12. The van der Waals surface area contributed by atoms with Crippen LogP contribution in [0.15, 0.2) is 121 Å². The van der Waals surface area contributed by atoms with Crippen molar-refractivity contribution in [2.45, 2.75) is 186 Å². The van der Waals surface area contributed by atoms with Crippen molar-refractivity contribution in [3.8, 4) is 0 Å². The maximum absolute atomic E-state index is 14.4. The number of halogens is 1.